The van der Waals surface area contributed by atoms with Crippen LogP contribution in [-0.4, -0.2) is 26.3 Å². The first-order chi connectivity index (χ1) is 9.81. The molecule has 1 aromatic carbocycles. The predicted octanol–water partition coefficient (Wildman–Crippen LogP) is 2.45. The lowest BCUT2D eigenvalue weighted by molar-refractivity contribution is -0.141. The predicted molar refractivity (Wildman–Crippen MR) is 63.3 cm³/mol. The smallest absolute Gasteiger partial charge is 0.387 e. The Balaban J connectivity index is 3.02. The van der Waals surface area contributed by atoms with Crippen LogP contribution in [0.3, 0.4) is 0 Å². The van der Waals surface area contributed by atoms with Gasteiger partial charge in [-0.1, -0.05) is 0 Å². The molecule has 0 aromatic heterocycles. The molecular formula is C12H13F4NO4. The largest absolute Gasteiger partial charge is 0.469 e. The molecule has 0 aliphatic heterocycles. The minimum absolute atomic E-state index is 0.120. The van der Waals surface area contributed by atoms with Crippen molar-refractivity contribution in [1.29, 1.82) is 0 Å². The summed E-state index contributed by atoms with van der Waals surface area (Å²) in [4.78, 5) is 11.1. The summed E-state index contributed by atoms with van der Waals surface area (Å²) >= 11 is 0. The van der Waals surface area contributed by atoms with Gasteiger partial charge in [0, 0.05) is 12.1 Å². The van der Waals surface area contributed by atoms with E-state index in [9.17, 15) is 22.4 Å². The van der Waals surface area contributed by atoms with Crippen LogP contribution in [-0.2, 0) is 9.53 Å². The summed E-state index contributed by atoms with van der Waals surface area (Å²) in [6, 6.07) is 2.14. The number of methoxy groups -OCH3 is 1. The molecule has 0 radical (unpaired) electrons. The molecule has 118 valence electrons. The quantitative estimate of drug-likeness (QED) is 0.618. The van der Waals surface area contributed by atoms with Crippen molar-refractivity contribution in [2.45, 2.75) is 25.7 Å². The molecule has 0 heterocycles. The monoisotopic (exact) mass is 311 g/mol. The fourth-order valence-electron chi connectivity index (χ4n) is 1.53. The molecular weight excluding hydrogens is 298 g/mol. The molecule has 5 nitrogen and oxygen atoms in total. The van der Waals surface area contributed by atoms with Crippen molar-refractivity contribution in [2.24, 2.45) is 5.73 Å². The van der Waals surface area contributed by atoms with Gasteiger partial charge in [-0.3, -0.25) is 4.79 Å². The van der Waals surface area contributed by atoms with Gasteiger partial charge in [-0.05, 0) is 17.7 Å². The highest BCUT2D eigenvalue weighted by Crippen LogP contribution is 2.29. The van der Waals surface area contributed by atoms with Crippen LogP contribution in [0.5, 0.6) is 11.5 Å². The van der Waals surface area contributed by atoms with Gasteiger partial charge in [-0.2, -0.15) is 17.6 Å². The van der Waals surface area contributed by atoms with Gasteiger partial charge in [0.25, 0.3) is 0 Å². The number of alkyl halides is 4. The number of esters is 1. The van der Waals surface area contributed by atoms with Gasteiger partial charge in [-0.15, -0.1) is 0 Å². The number of rotatable bonds is 7. The topological polar surface area (TPSA) is 70.8 Å². The minimum Gasteiger partial charge on any atom is -0.469 e. The van der Waals surface area contributed by atoms with Crippen LogP contribution in [0, 0.1) is 0 Å². The number of carbonyl (C=O) groups is 1. The number of halogens is 4. The second-order valence-corrected chi connectivity index (χ2v) is 3.88. The first kappa shape index (κ1) is 17.0. The fourth-order valence-corrected chi connectivity index (χ4v) is 1.53. The molecule has 0 saturated carbocycles. The summed E-state index contributed by atoms with van der Waals surface area (Å²) < 4.78 is 61.5. The van der Waals surface area contributed by atoms with E-state index >= 15 is 0 Å². The Morgan fingerprint density at radius 3 is 1.95 bits per heavy atom. The van der Waals surface area contributed by atoms with Gasteiger partial charge in [0.2, 0.25) is 0 Å². The Bertz CT molecular complexity index is 456. The zero-order valence-corrected chi connectivity index (χ0v) is 10.9. The van der Waals surface area contributed by atoms with E-state index in [0.717, 1.165) is 25.3 Å². The number of hydrogen-bond acceptors (Lipinski definition) is 5. The summed E-state index contributed by atoms with van der Waals surface area (Å²) in [5.74, 6) is -1.45. The maximum absolute atomic E-state index is 12.2. The second kappa shape index (κ2) is 7.67. The van der Waals surface area contributed by atoms with Crippen molar-refractivity contribution < 1.29 is 36.6 Å². The molecule has 0 fully saturated rings. The number of nitrogens with two attached hydrogens (primary N) is 1. The molecule has 1 rings (SSSR count). The number of hydrogen-bond donors (Lipinski definition) is 1. The molecule has 2 N–H and O–H groups in total. The lowest BCUT2D eigenvalue weighted by Crippen LogP contribution is -2.17. The van der Waals surface area contributed by atoms with E-state index in [2.05, 4.69) is 14.2 Å². The standard InChI is InChI=1S/C12H13F4NO4/c1-19-10(18)5-9(17)6-2-7(20-11(13)14)4-8(3-6)21-12(15)16/h2-4,9,11-12H,5,17H2,1H3. The summed E-state index contributed by atoms with van der Waals surface area (Å²) in [7, 11) is 1.15. The Labute approximate surface area is 117 Å². The third kappa shape index (κ3) is 5.86. The molecule has 9 heteroatoms. The molecule has 21 heavy (non-hydrogen) atoms. The average Bonchev–Trinajstić information content (AvgIpc) is 2.36. The summed E-state index contributed by atoms with van der Waals surface area (Å²) in [5, 5.41) is 0. The summed E-state index contributed by atoms with van der Waals surface area (Å²) in [5.41, 5.74) is 5.80. The molecule has 1 unspecified atom stereocenters. The highest BCUT2D eigenvalue weighted by molar-refractivity contribution is 5.70. The van der Waals surface area contributed by atoms with Gasteiger partial charge in [0.15, 0.2) is 0 Å². The van der Waals surface area contributed by atoms with Crippen LogP contribution in [0.4, 0.5) is 17.6 Å². The van der Waals surface area contributed by atoms with E-state index in [4.69, 9.17) is 5.73 Å². The average molecular weight is 311 g/mol. The van der Waals surface area contributed by atoms with Gasteiger partial charge in [0.1, 0.15) is 11.5 Å². The van der Waals surface area contributed by atoms with Gasteiger partial charge in [0.05, 0.1) is 13.5 Å². The van der Waals surface area contributed by atoms with Crippen LogP contribution in [0.15, 0.2) is 18.2 Å². The zero-order valence-electron chi connectivity index (χ0n) is 10.9. The van der Waals surface area contributed by atoms with Crippen LogP contribution in [0.2, 0.25) is 0 Å². The van der Waals surface area contributed by atoms with E-state index in [1.54, 1.807) is 0 Å². The van der Waals surface area contributed by atoms with Crippen molar-refractivity contribution in [3.63, 3.8) is 0 Å². The molecule has 0 bridgehead atoms. The highest BCUT2D eigenvalue weighted by Gasteiger charge is 2.17. The van der Waals surface area contributed by atoms with Gasteiger partial charge >= 0.3 is 19.2 Å². The molecule has 0 aliphatic carbocycles. The van der Waals surface area contributed by atoms with Gasteiger partial charge < -0.3 is 19.9 Å². The van der Waals surface area contributed by atoms with Crippen LogP contribution in [0.1, 0.15) is 18.0 Å². The zero-order chi connectivity index (χ0) is 16.0. The maximum atomic E-state index is 12.2. The first-order valence-electron chi connectivity index (χ1n) is 5.68. The second-order valence-electron chi connectivity index (χ2n) is 3.88. The molecule has 1 aromatic rings. The van der Waals surface area contributed by atoms with E-state index in [1.165, 1.54) is 0 Å². The SMILES string of the molecule is COC(=O)CC(N)c1cc(OC(F)F)cc(OC(F)F)c1. The summed E-state index contributed by atoms with van der Waals surface area (Å²) in [6.07, 6.45) is -0.261. The first-order valence-corrected chi connectivity index (χ1v) is 5.68. The Kier molecular flexibility index (Phi) is 6.22. The van der Waals surface area contributed by atoms with E-state index < -0.39 is 36.7 Å². The van der Waals surface area contributed by atoms with E-state index in [-0.39, 0.29) is 12.0 Å². The van der Waals surface area contributed by atoms with Crippen molar-refractivity contribution >= 4 is 5.97 Å². The van der Waals surface area contributed by atoms with Crippen LogP contribution >= 0.6 is 0 Å². The Morgan fingerprint density at radius 2 is 1.57 bits per heavy atom. The lowest BCUT2D eigenvalue weighted by atomic mass is 10.0. The van der Waals surface area contributed by atoms with E-state index in [1.807, 2.05) is 0 Å². The molecule has 1 atom stereocenters. The lowest BCUT2D eigenvalue weighted by Gasteiger charge is -2.15. The third-order valence-corrected chi connectivity index (χ3v) is 2.40. The molecule has 0 amide bonds. The normalized spacial score (nSPS) is 12.4. The molecule has 0 aliphatic rings. The van der Waals surface area contributed by atoms with Crippen LogP contribution < -0.4 is 15.2 Å². The molecule has 0 spiro atoms. The Hall–Kier alpha value is -2.03. The van der Waals surface area contributed by atoms with Crippen molar-refractivity contribution in [2.75, 3.05) is 7.11 Å². The maximum Gasteiger partial charge on any atom is 0.387 e. The van der Waals surface area contributed by atoms with Crippen molar-refractivity contribution in [1.82, 2.24) is 0 Å². The van der Waals surface area contributed by atoms with Crippen LogP contribution in [0.25, 0.3) is 0 Å². The highest BCUT2D eigenvalue weighted by atomic mass is 19.3. The summed E-state index contributed by atoms with van der Waals surface area (Å²) in [6.45, 7) is -6.28. The van der Waals surface area contributed by atoms with Gasteiger partial charge in [-0.25, -0.2) is 0 Å². The fraction of sp³-hybridized carbons (Fsp3) is 0.417. The molecule has 0 saturated heterocycles. The van der Waals surface area contributed by atoms with Crippen molar-refractivity contribution in [3.05, 3.63) is 23.8 Å². The van der Waals surface area contributed by atoms with E-state index in [0.29, 0.717) is 0 Å². The Morgan fingerprint density at radius 1 is 1.10 bits per heavy atom. The number of carbonyl (C=O) groups excluding carboxylic acids is 1. The number of benzene rings is 1. The third-order valence-electron chi connectivity index (χ3n) is 2.40. The van der Waals surface area contributed by atoms with Crippen molar-refractivity contribution in [3.8, 4) is 11.5 Å². The number of ether oxygens (including phenoxy) is 3. The minimum atomic E-state index is -3.14.